The van der Waals surface area contributed by atoms with E-state index >= 15 is 8.78 Å². The van der Waals surface area contributed by atoms with Gasteiger partial charge in [0.2, 0.25) is 5.88 Å². The lowest BCUT2D eigenvalue weighted by molar-refractivity contribution is 0.270. The van der Waals surface area contributed by atoms with Crippen LogP contribution in [0.5, 0.6) is 5.88 Å². The predicted octanol–water partition coefficient (Wildman–Crippen LogP) is 5.21. The van der Waals surface area contributed by atoms with Crippen LogP contribution in [0.1, 0.15) is 5.56 Å². The van der Waals surface area contributed by atoms with Gasteiger partial charge in [0.1, 0.15) is 11.6 Å². The van der Waals surface area contributed by atoms with Crippen molar-refractivity contribution in [3.8, 4) is 28.3 Å². The predicted molar refractivity (Wildman–Crippen MR) is 133 cm³/mol. The molecule has 2 aromatic heterocycles. The summed E-state index contributed by atoms with van der Waals surface area (Å²) in [7, 11) is -1.04. The number of methoxy groups -OCH3 is 1. The Labute approximate surface area is 202 Å². The summed E-state index contributed by atoms with van der Waals surface area (Å²) in [5, 5.41) is 0. The Bertz CT molecular complexity index is 1370. The van der Waals surface area contributed by atoms with Crippen LogP contribution in [-0.4, -0.2) is 60.7 Å². The van der Waals surface area contributed by atoms with Crippen LogP contribution in [0.15, 0.2) is 54.9 Å². The molecule has 0 spiro atoms. The zero-order chi connectivity index (χ0) is 24.6. The van der Waals surface area contributed by atoms with E-state index in [0.717, 1.165) is 5.56 Å². The zero-order valence-electron chi connectivity index (χ0n) is 19.0. The Balaban J connectivity index is 1.50. The number of aromatic nitrogens is 3. The summed E-state index contributed by atoms with van der Waals surface area (Å²) in [6.07, 6.45) is 3.25. The Morgan fingerprint density at radius 3 is 2.46 bits per heavy atom. The van der Waals surface area contributed by atoms with Crippen molar-refractivity contribution in [3.05, 3.63) is 72.1 Å². The molecule has 2 aromatic carbocycles. The summed E-state index contributed by atoms with van der Waals surface area (Å²) in [4.78, 5) is 15.2. The molecule has 1 fully saturated rings. The van der Waals surface area contributed by atoms with Gasteiger partial charge >= 0.3 is 0 Å². The number of hydrogen-bond donors (Lipinski definition) is 2. The first-order chi connectivity index (χ1) is 16.8. The number of ether oxygens (including phenoxy) is 1. The van der Waals surface area contributed by atoms with Crippen LogP contribution in [0.4, 0.5) is 8.78 Å². The van der Waals surface area contributed by atoms with Gasteiger partial charge in [0, 0.05) is 48.6 Å². The Morgan fingerprint density at radius 1 is 1.00 bits per heavy atom. The van der Waals surface area contributed by atoms with E-state index < -0.39 is 22.2 Å². The van der Waals surface area contributed by atoms with Gasteiger partial charge in [0.25, 0.3) is 0 Å². The molecule has 0 radical (unpaired) electrons. The Kier molecular flexibility index (Phi) is 6.37. The molecule has 2 N–H and O–H groups in total. The molecule has 0 saturated carbocycles. The summed E-state index contributed by atoms with van der Waals surface area (Å²) in [6, 6.07) is 11.5. The molecular weight excluding hydrogens is 474 g/mol. The van der Waals surface area contributed by atoms with Crippen LogP contribution in [0.3, 0.4) is 0 Å². The number of fused-ring (bicyclic) bond motifs is 1. The van der Waals surface area contributed by atoms with E-state index in [9.17, 15) is 9.11 Å². The summed E-state index contributed by atoms with van der Waals surface area (Å²) in [5.41, 5.74) is 3.35. The standard InChI is InChI=1S/C25H24F2N4O3S/c1-34-24-13-16(5-6-28-24)23-14-29-22-4-2-3-18(25(22)30-23)17-11-20(26)19(21(27)12-17)15-31-7-9-35(32,33)10-8-31/h2-6,11-14,32-33H,7-10,15H2,1H3. The van der Waals surface area contributed by atoms with Gasteiger partial charge in [-0.25, -0.2) is 18.7 Å². The third kappa shape index (κ3) is 4.96. The summed E-state index contributed by atoms with van der Waals surface area (Å²) < 4.78 is 55.0. The first kappa shape index (κ1) is 23.6. The van der Waals surface area contributed by atoms with Crippen LogP contribution in [0, 0.1) is 11.6 Å². The van der Waals surface area contributed by atoms with Gasteiger partial charge in [-0.1, -0.05) is 12.1 Å². The first-order valence-electron chi connectivity index (χ1n) is 11.0. The zero-order valence-corrected chi connectivity index (χ0v) is 19.8. The Morgan fingerprint density at radius 2 is 1.74 bits per heavy atom. The second-order valence-electron chi connectivity index (χ2n) is 8.42. The molecule has 7 nitrogen and oxygen atoms in total. The quantitative estimate of drug-likeness (QED) is 0.390. The van der Waals surface area contributed by atoms with Crippen molar-refractivity contribution in [2.24, 2.45) is 0 Å². The minimum Gasteiger partial charge on any atom is -0.481 e. The molecule has 0 unspecified atom stereocenters. The number of nitrogens with zero attached hydrogens (tertiary/aromatic N) is 4. The lowest BCUT2D eigenvalue weighted by atomic mass is 10.0. The van der Waals surface area contributed by atoms with Crippen LogP contribution >= 0.6 is 10.6 Å². The number of para-hydroxylation sites is 1. The molecule has 4 aromatic rings. The van der Waals surface area contributed by atoms with Gasteiger partial charge in [-0.05, 0) is 29.8 Å². The minimum atomic E-state index is -2.57. The lowest BCUT2D eigenvalue weighted by Crippen LogP contribution is -2.38. The fourth-order valence-electron chi connectivity index (χ4n) is 4.14. The van der Waals surface area contributed by atoms with Gasteiger partial charge in [-0.2, -0.15) is 10.6 Å². The van der Waals surface area contributed by atoms with Crippen LogP contribution in [0.2, 0.25) is 0 Å². The molecule has 5 rings (SSSR count). The number of halogens is 2. The van der Waals surface area contributed by atoms with E-state index in [1.54, 1.807) is 42.7 Å². The third-order valence-electron chi connectivity index (χ3n) is 6.12. The van der Waals surface area contributed by atoms with Crippen molar-refractivity contribution in [2.75, 3.05) is 31.7 Å². The number of hydrogen-bond acceptors (Lipinski definition) is 7. The maximum absolute atomic E-state index is 15.1. The van der Waals surface area contributed by atoms with E-state index in [0.29, 0.717) is 46.8 Å². The van der Waals surface area contributed by atoms with Gasteiger partial charge < -0.3 is 4.74 Å². The van der Waals surface area contributed by atoms with Gasteiger partial charge in [0.15, 0.2) is 0 Å². The molecule has 3 heterocycles. The van der Waals surface area contributed by atoms with Crippen molar-refractivity contribution >= 4 is 21.6 Å². The van der Waals surface area contributed by atoms with E-state index in [2.05, 4.69) is 9.97 Å². The van der Waals surface area contributed by atoms with Gasteiger partial charge in [-0.3, -0.25) is 19.0 Å². The fraction of sp³-hybridized carbons (Fsp3) is 0.240. The normalized spacial score (nSPS) is 16.8. The topological polar surface area (TPSA) is 91.6 Å². The largest absolute Gasteiger partial charge is 0.481 e. The summed E-state index contributed by atoms with van der Waals surface area (Å²) >= 11 is 0. The molecule has 182 valence electrons. The molecule has 35 heavy (non-hydrogen) atoms. The van der Waals surface area contributed by atoms with E-state index in [1.165, 1.54) is 19.2 Å². The van der Waals surface area contributed by atoms with Crippen LogP contribution in [-0.2, 0) is 6.54 Å². The van der Waals surface area contributed by atoms with Crippen LogP contribution < -0.4 is 4.74 Å². The maximum atomic E-state index is 15.1. The van der Waals surface area contributed by atoms with E-state index in [4.69, 9.17) is 9.72 Å². The lowest BCUT2D eigenvalue weighted by Gasteiger charge is -2.41. The molecular formula is C25H24F2N4O3S. The van der Waals surface area contributed by atoms with Crippen molar-refractivity contribution in [3.63, 3.8) is 0 Å². The highest BCUT2D eigenvalue weighted by atomic mass is 32.3. The molecule has 1 saturated heterocycles. The van der Waals surface area contributed by atoms with E-state index in [-0.39, 0.29) is 23.6 Å². The Hall–Kier alpha value is -3.18. The second-order valence-corrected chi connectivity index (χ2v) is 10.8. The van der Waals surface area contributed by atoms with Gasteiger partial charge in [0.05, 0.1) is 41.5 Å². The number of benzene rings is 2. The average Bonchev–Trinajstić information content (AvgIpc) is 2.86. The molecule has 10 heteroatoms. The van der Waals surface area contributed by atoms with Crippen LogP contribution in [0.25, 0.3) is 33.4 Å². The monoisotopic (exact) mass is 498 g/mol. The second kappa shape index (κ2) is 9.46. The molecule has 0 bridgehead atoms. The number of rotatable bonds is 5. The molecule has 1 aliphatic heterocycles. The summed E-state index contributed by atoms with van der Waals surface area (Å²) in [5.74, 6) is -0.436. The van der Waals surface area contributed by atoms with Crippen molar-refractivity contribution in [1.29, 1.82) is 0 Å². The van der Waals surface area contributed by atoms with Crippen molar-refractivity contribution in [2.45, 2.75) is 6.54 Å². The highest BCUT2D eigenvalue weighted by Crippen LogP contribution is 2.40. The smallest absolute Gasteiger partial charge is 0.213 e. The first-order valence-corrected chi connectivity index (χ1v) is 12.9. The molecule has 0 atom stereocenters. The van der Waals surface area contributed by atoms with Crippen molar-refractivity contribution < 1.29 is 22.6 Å². The third-order valence-corrected chi connectivity index (χ3v) is 7.79. The molecule has 0 amide bonds. The minimum absolute atomic E-state index is 0.0389. The maximum Gasteiger partial charge on any atom is 0.213 e. The highest BCUT2D eigenvalue weighted by Gasteiger charge is 2.24. The van der Waals surface area contributed by atoms with E-state index in [1.807, 2.05) is 4.90 Å². The highest BCUT2D eigenvalue weighted by molar-refractivity contribution is 8.24. The molecule has 1 aliphatic rings. The SMILES string of the molecule is COc1cc(-c2cnc3cccc(-c4cc(F)c(CN5CCS(O)(O)CC5)c(F)c4)c3n2)ccn1. The number of pyridine rings is 1. The summed E-state index contributed by atoms with van der Waals surface area (Å²) in [6.45, 7) is 0.825. The fourth-order valence-corrected chi connectivity index (χ4v) is 5.45. The van der Waals surface area contributed by atoms with Crippen molar-refractivity contribution in [1.82, 2.24) is 19.9 Å². The van der Waals surface area contributed by atoms with Gasteiger partial charge in [-0.15, -0.1) is 0 Å². The molecule has 0 aliphatic carbocycles. The average molecular weight is 499 g/mol.